The van der Waals surface area contributed by atoms with Gasteiger partial charge < -0.3 is 15.5 Å². The maximum absolute atomic E-state index is 12.7. The first-order valence-electron chi connectivity index (χ1n) is 7.91. The quantitative estimate of drug-likeness (QED) is 0.878. The molecule has 0 spiro atoms. The summed E-state index contributed by atoms with van der Waals surface area (Å²) in [7, 11) is 1.93. The monoisotopic (exact) mass is 363 g/mol. The van der Waals surface area contributed by atoms with E-state index in [4.69, 9.17) is 5.73 Å². The van der Waals surface area contributed by atoms with Gasteiger partial charge in [-0.25, -0.2) is 0 Å². The summed E-state index contributed by atoms with van der Waals surface area (Å²) in [5, 5.41) is 4.21. The smallest absolute Gasteiger partial charge is 0.226 e. The van der Waals surface area contributed by atoms with Gasteiger partial charge >= 0.3 is 0 Å². The van der Waals surface area contributed by atoms with E-state index in [1.54, 1.807) is 0 Å². The van der Waals surface area contributed by atoms with E-state index in [1.807, 2.05) is 29.0 Å². The summed E-state index contributed by atoms with van der Waals surface area (Å²) in [6.07, 6.45) is 7.19. The van der Waals surface area contributed by atoms with Crippen LogP contribution in [-0.4, -0.2) is 53.3 Å². The van der Waals surface area contributed by atoms with Crippen LogP contribution < -0.4 is 10.6 Å². The molecule has 1 saturated carbocycles. The molecule has 2 N–H and O–H groups in total. The van der Waals surface area contributed by atoms with Gasteiger partial charge in [0.1, 0.15) is 0 Å². The van der Waals surface area contributed by atoms with Crippen molar-refractivity contribution in [2.75, 3.05) is 37.6 Å². The molecule has 132 valence electrons. The Morgan fingerprint density at radius 3 is 2.52 bits per heavy atom. The average Bonchev–Trinajstić information content (AvgIpc) is 3.15. The van der Waals surface area contributed by atoms with Gasteiger partial charge in [-0.2, -0.15) is 5.10 Å². The molecule has 8 heteroatoms. The van der Waals surface area contributed by atoms with E-state index in [1.165, 1.54) is 0 Å². The van der Waals surface area contributed by atoms with Gasteiger partial charge in [0.05, 0.1) is 11.9 Å². The van der Waals surface area contributed by atoms with Gasteiger partial charge in [-0.3, -0.25) is 9.48 Å². The Kier molecular flexibility index (Phi) is 7.64. The lowest BCUT2D eigenvalue weighted by Gasteiger charge is -2.37. The van der Waals surface area contributed by atoms with E-state index in [-0.39, 0.29) is 30.7 Å². The van der Waals surface area contributed by atoms with Crippen LogP contribution in [0.2, 0.25) is 0 Å². The molecule has 1 aromatic heterocycles. The topological polar surface area (TPSA) is 67.4 Å². The van der Waals surface area contributed by atoms with Crippen LogP contribution in [0.15, 0.2) is 12.4 Å². The van der Waals surface area contributed by atoms with Crippen LogP contribution in [0.5, 0.6) is 0 Å². The summed E-state index contributed by atoms with van der Waals surface area (Å²) in [6, 6.07) is 0. The van der Waals surface area contributed by atoms with Gasteiger partial charge in [-0.1, -0.05) is 6.42 Å². The number of carbonyl (C=O) groups is 1. The molecule has 0 aromatic carbocycles. The Morgan fingerprint density at radius 1 is 1.26 bits per heavy atom. The number of piperazine rings is 1. The number of aryl methyl sites for hydroxylation is 1. The molecular weight excluding hydrogens is 337 g/mol. The maximum atomic E-state index is 12.7. The Morgan fingerprint density at radius 2 is 1.96 bits per heavy atom. The summed E-state index contributed by atoms with van der Waals surface area (Å²) in [4.78, 5) is 17.0. The molecule has 23 heavy (non-hydrogen) atoms. The first kappa shape index (κ1) is 20.1. The van der Waals surface area contributed by atoms with Gasteiger partial charge in [0.25, 0.3) is 0 Å². The molecule has 1 aromatic rings. The molecule has 1 saturated heterocycles. The highest BCUT2D eigenvalue weighted by molar-refractivity contribution is 5.85. The van der Waals surface area contributed by atoms with Crippen LogP contribution in [0.25, 0.3) is 0 Å². The van der Waals surface area contributed by atoms with Crippen molar-refractivity contribution in [1.82, 2.24) is 14.7 Å². The van der Waals surface area contributed by atoms with Gasteiger partial charge in [0.2, 0.25) is 5.91 Å². The van der Waals surface area contributed by atoms with E-state index >= 15 is 0 Å². The minimum absolute atomic E-state index is 0. The third-order valence-corrected chi connectivity index (χ3v) is 4.93. The van der Waals surface area contributed by atoms with Crippen LogP contribution >= 0.6 is 24.8 Å². The number of halogens is 2. The minimum Gasteiger partial charge on any atom is -0.365 e. The van der Waals surface area contributed by atoms with Crippen LogP contribution in [0.1, 0.15) is 19.3 Å². The lowest BCUT2D eigenvalue weighted by molar-refractivity contribution is -0.136. The number of amides is 1. The Labute approximate surface area is 150 Å². The van der Waals surface area contributed by atoms with E-state index in [9.17, 15) is 4.79 Å². The van der Waals surface area contributed by atoms with Crippen molar-refractivity contribution in [2.24, 2.45) is 24.6 Å². The van der Waals surface area contributed by atoms with E-state index < -0.39 is 0 Å². The number of carbonyl (C=O) groups excluding carboxylic acids is 1. The highest BCUT2D eigenvalue weighted by Crippen LogP contribution is 2.32. The predicted octanol–water partition coefficient (Wildman–Crippen LogP) is 1.29. The van der Waals surface area contributed by atoms with Gasteiger partial charge in [-0.15, -0.1) is 24.8 Å². The molecule has 1 aliphatic carbocycles. The van der Waals surface area contributed by atoms with Gasteiger partial charge in [0, 0.05) is 45.3 Å². The molecule has 0 unspecified atom stereocenters. The second-order valence-electron chi connectivity index (χ2n) is 6.22. The second-order valence-corrected chi connectivity index (χ2v) is 6.22. The Bertz CT molecular complexity index is 502. The molecule has 2 fully saturated rings. The number of nitrogens with two attached hydrogens (primary N) is 1. The molecule has 0 bridgehead atoms. The molecule has 0 radical (unpaired) electrons. The molecule has 3 rings (SSSR count). The predicted molar refractivity (Wildman–Crippen MR) is 96.4 cm³/mol. The van der Waals surface area contributed by atoms with E-state index in [0.717, 1.165) is 51.1 Å². The summed E-state index contributed by atoms with van der Waals surface area (Å²) >= 11 is 0. The Balaban J connectivity index is 0.00000132. The first-order chi connectivity index (χ1) is 10.2. The summed E-state index contributed by atoms with van der Waals surface area (Å²) in [5.74, 6) is 0.891. The standard InChI is InChI=1S/C15H25N5O.2ClH/c1-18-11-13(10-17-18)19-5-7-20(8-6-19)15(21)14-4-2-3-12(14)9-16;;/h10-12,14H,2-9,16H2,1H3;2*1H/t12-,14-;;/m1../s1. The number of aromatic nitrogens is 2. The normalized spacial score (nSPS) is 24.1. The molecule has 2 aliphatic rings. The van der Waals surface area contributed by atoms with Crippen LogP contribution in [-0.2, 0) is 11.8 Å². The lowest BCUT2D eigenvalue weighted by Crippen LogP contribution is -2.51. The van der Waals surface area contributed by atoms with Crippen LogP contribution in [0.3, 0.4) is 0 Å². The minimum atomic E-state index is 0. The van der Waals surface area contributed by atoms with Crippen molar-refractivity contribution in [3.8, 4) is 0 Å². The molecule has 1 amide bonds. The molecule has 1 aliphatic heterocycles. The summed E-state index contributed by atoms with van der Waals surface area (Å²) < 4.78 is 1.82. The molecular formula is C15H27Cl2N5O. The van der Waals surface area contributed by atoms with Crippen molar-refractivity contribution < 1.29 is 4.79 Å². The third-order valence-electron chi connectivity index (χ3n) is 4.93. The largest absolute Gasteiger partial charge is 0.365 e. The van der Waals surface area contributed by atoms with Crippen molar-refractivity contribution >= 4 is 36.4 Å². The fraction of sp³-hybridized carbons (Fsp3) is 0.733. The number of rotatable bonds is 3. The first-order valence-corrected chi connectivity index (χ1v) is 7.91. The van der Waals surface area contributed by atoms with Crippen LogP contribution in [0.4, 0.5) is 5.69 Å². The second kappa shape index (κ2) is 8.76. The van der Waals surface area contributed by atoms with Gasteiger partial charge in [0.15, 0.2) is 0 Å². The van der Waals surface area contributed by atoms with Crippen molar-refractivity contribution in [3.63, 3.8) is 0 Å². The zero-order valence-electron chi connectivity index (χ0n) is 13.6. The summed E-state index contributed by atoms with van der Waals surface area (Å²) in [6.45, 7) is 4.03. The van der Waals surface area contributed by atoms with Crippen molar-refractivity contribution in [1.29, 1.82) is 0 Å². The fourth-order valence-corrected chi connectivity index (χ4v) is 3.64. The maximum Gasteiger partial charge on any atom is 0.226 e. The average molecular weight is 364 g/mol. The van der Waals surface area contributed by atoms with Crippen LogP contribution in [0, 0.1) is 11.8 Å². The Hall–Kier alpha value is -0.980. The number of hydrogen-bond donors (Lipinski definition) is 1. The molecule has 6 nitrogen and oxygen atoms in total. The number of hydrogen-bond acceptors (Lipinski definition) is 4. The zero-order valence-corrected chi connectivity index (χ0v) is 15.2. The van der Waals surface area contributed by atoms with E-state index in [0.29, 0.717) is 18.4 Å². The lowest BCUT2D eigenvalue weighted by atomic mass is 9.94. The number of nitrogens with zero attached hydrogens (tertiary/aromatic N) is 4. The van der Waals surface area contributed by atoms with Crippen molar-refractivity contribution in [3.05, 3.63) is 12.4 Å². The molecule has 2 heterocycles. The molecule has 2 atom stereocenters. The SMILES string of the molecule is Cl.Cl.Cn1cc(N2CCN(C(=O)[C@@H]3CCC[C@@H]3CN)CC2)cn1. The summed E-state index contributed by atoms with van der Waals surface area (Å²) in [5.41, 5.74) is 6.95. The fourth-order valence-electron chi connectivity index (χ4n) is 3.64. The highest BCUT2D eigenvalue weighted by Gasteiger charge is 2.35. The zero-order chi connectivity index (χ0) is 14.8. The van der Waals surface area contributed by atoms with Gasteiger partial charge in [-0.05, 0) is 25.3 Å². The van der Waals surface area contributed by atoms with Crippen molar-refractivity contribution in [2.45, 2.75) is 19.3 Å². The highest BCUT2D eigenvalue weighted by atomic mass is 35.5. The van der Waals surface area contributed by atoms with E-state index in [2.05, 4.69) is 10.00 Å². The number of anilines is 1. The third kappa shape index (κ3) is 4.31.